The molecule has 0 fully saturated rings. The van der Waals surface area contributed by atoms with Gasteiger partial charge in [0.05, 0.1) is 12.2 Å². The van der Waals surface area contributed by atoms with Gasteiger partial charge in [0, 0.05) is 24.7 Å². The van der Waals surface area contributed by atoms with E-state index in [1.807, 2.05) is 6.07 Å². The van der Waals surface area contributed by atoms with E-state index in [0.29, 0.717) is 5.41 Å². The lowest BCUT2D eigenvalue weighted by atomic mass is 9.96. The first-order chi connectivity index (χ1) is 8.55. The molecule has 4 nitrogen and oxygen atoms in total. The minimum absolute atomic E-state index is 0.0993. The molecule has 0 aromatic carbocycles. The summed E-state index contributed by atoms with van der Waals surface area (Å²) in [6.07, 6.45) is 0. The molecule has 0 aliphatic heterocycles. The van der Waals surface area contributed by atoms with E-state index in [1.165, 1.54) is 0 Å². The van der Waals surface area contributed by atoms with Gasteiger partial charge in [-0.2, -0.15) is 0 Å². The van der Waals surface area contributed by atoms with Crippen molar-refractivity contribution in [2.24, 2.45) is 5.41 Å². The van der Waals surface area contributed by atoms with Gasteiger partial charge in [0.15, 0.2) is 5.76 Å². The smallest absolute Gasteiger partial charge is 0.151 e. The van der Waals surface area contributed by atoms with Crippen LogP contribution in [-0.4, -0.2) is 29.2 Å². The lowest BCUT2D eigenvalue weighted by Gasteiger charge is -2.25. The van der Waals surface area contributed by atoms with Crippen LogP contribution in [0.25, 0.3) is 0 Å². The van der Waals surface area contributed by atoms with Gasteiger partial charge in [0.1, 0.15) is 0 Å². The first kappa shape index (κ1) is 16.2. The Morgan fingerprint density at radius 1 is 1.21 bits per heavy atom. The van der Waals surface area contributed by atoms with Gasteiger partial charge in [0.2, 0.25) is 0 Å². The molecule has 0 unspecified atom stereocenters. The highest BCUT2D eigenvalue weighted by Crippen LogP contribution is 2.16. The van der Waals surface area contributed by atoms with Crippen molar-refractivity contribution < 1.29 is 4.52 Å². The fraction of sp³-hybridized carbons (Fsp3) is 0.800. The van der Waals surface area contributed by atoms with Crippen LogP contribution in [-0.2, 0) is 13.1 Å². The third-order valence-corrected chi connectivity index (χ3v) is 2.58. The molecule has 1 rings (SSSR count). The van der Waals surface area contributed by atoms with Gasteiger partial charge in [0.25, 0.3) is 0 Å². The van der Waals surface area contributed by atoms with Gasteiger partial charge in [-0.05, 0) is 33.2 Å². The molecule has 1 aromatic heterocycles. The van der Waals surface area contributed by atoms with E-state index in [4.69, 9.17) is 4.52 Å². The number of aromatic nitrogens is 1. The summed E-state index contributed by atoms with van der Waals surface area (Å²) in [6.45, 7) is 15.7. The summed E-state index contributed by atoms with van der Waals surface area (Å²) in [5.74, 6) is 0.928. The van der Waals surface area contributed by atoms with Gasteiger partial charge in [-0.3, -0.25) is 4.90 Å². The van der Waals surface area contributed by atoms with Crippen LogP contribution < -0.4 is 5.32 Å². The Bertz CT molecular complexity index is 385. The average Bonchev–Trinajstić information content (AvgIpc) is 2.58. The van der Waals surface area contributed by atoms with Crippen LogP contribution in [0.4, 0.5) is 0 Å². The normalized spacial score (nSPS) is 13.3. The molecule has 0 amide bonds. The molecule has 0 bridgehead atoms. The highest BCUT2D eigenvalue weighted by molar-refractivity contribution is 5.05. The highest BCUT2D eigenvalue weighted by Gasteiger charge is 2.16. The Morgan fingerprint density at radius 3 is 2.37 bits per heavy atom. The Balaban J connectivity index is 2.46. The summed E-state index contributed by atoms with van der Waals surface area (Å²) in [4.78, 5) is 2.27. The Labute approximate surface area is 117 Å². The van der Waals surface area contributed by atoms with Gasteiger partial charge in [-0.25, -0.2) is 0 Å². The van der Waals surface area contributed by atoms with Crippen molar-refractivity contribution in [1.82, 2.24) is 15.4 Å². The zero-order valence-electron chi connectivity index (χ0n) is 13.5. The molecule has 1 aromatic rings. The molecule has 0 saturated carbocycles. The largest absolute Gasteiger partial charge is 0.360 e. The van der Waals surface area contributed by atoms with E-state index in [2.05, 4.69) is 64.0 Å². The van der Waals surface area contributed by atoms with Crippen LogP contribution in [0.1, 0.15) is 53.0 Å². The SMILES string of the molecule is CN(Cc1cc(CNC(C)(C)C)no1)CC(C)(C)C. The zero-order chi connectivity index (χ0) is 14.7. The van der Waals surface area contributed by atoms with Crippen LogP contribution >= 0.6 is 0 Å². The van der Waals surface area contributed by atoms with Crippen molar-refractivity contribution >= 4 is 0 Å². The topological polar surface area (TPSA) is 41.3 Å². The van der Waals surface area contributed by atoms with E-state index >= 15 is 0 Å². The monoisotopic (exact) mass is 267 g/mol. The molecule has 0 radical (unpaired) electrons. The van der Waals surface area contributed by atoms with Gasteiger partial charge >= 0.3 is 0 Å². The summed E-state index contributed by atoms with van der Waals surface area (Å²) in [6, 6.07) is 2.04. The maximum Gasteiger partial charge on any atom is 0.151 e. The summed E-state index contributed by atoms with van der Waals surface area (Å²) in [5.41, 5.74) is 1.36. The number of nitrogens with one attached hydrogen (secondary N) is 1. The minimum atomic E-state index is 0.0993. The van der Waals surface area contributed by atoms with E-state index in [-0.39, 0.29) is 5.54 Å². The molecule has 0 spiro atoms. The molecule has 0 aliphatic carbocycles. The lowest BCUT2D eigenvalue weighted by molar-refractivity contribution is 0.200. The minimum Gasteiger partial charge on any atom is -0.360 e. The summed E-state index contributed by atoms with van der Waals surface area (Å²) >= 11 is 0. The van der Waals surface area contributed by atoms with Gasteiger partial charge in [-0.1, -0.05) is 25.9 Å². The molecular weight excluding hydrogens is 238 g/mol. The fourth-order valence-corrected chi connectivity index (χ4v) is 2.00. The molecule has 0 aliphatic rings. The molecule has 0 atom stereocenters. The van der Waals surface area contributed by atoms with Crippen molar-refractivity contribution in [3.8, 4) is 0 Å². The second-order valence-corrected chi connectivity index (χ2v) is 7.62. The third-order valence-electron chi connectivity index (χ3n) is 2.58. The van der Waals surface area contributed by atoms with Crippen molar-refractivity contribution in [2.45, 2.75) is 60.2 Å². The number of nitrogens with zero attached hydrogens (tertiary/aromatic N) is 2. The first-order valence-corrected chi connectivity index (χ1v) is 6.93. The van der Waals surface area contributed by atoms with Crippen molar-refractivity contribution in [2.75, 3.05) is 13.6 Å². The van der Waals surface area contributed by atoms with Crippen LogP contribution in [0.3, 0.4) is 0 Å². The standard InChI is InChI=1S/C15H29N3O/c1-14(2,3)11-18(7)10-13-8-12(17-19-13)9-16-15(4,5)6/h8,16H,9-11H2,1-7H3. The Morgan fingerprint density at radius 2 is 1.84 bits per heavy atom. The number of rotatable bonds is 5. The predicted molar refractivity (Wildman–Crippen MR) is 78.9 cm³/mol. The lowest BCUT2D eigenvalue weighted by Crippen LogP contribution is -2.35. The third kappa shape index (κ3) is 7.33. The maximum absolute atomic E-state index is 5.38. The second kappa shape index (κ2) is 6.06. The van der Waals surface area contributed by atoms with E-state index in [9.17, 15) is 0 Å². The first-order valence-electron chi connectivity index (χ1n) is 6.93. The van der Waals surface area contributed by atoms with Crippen LogP contribution in [0.2, 0.25) is 0 Å². The second-order valence-electron chi connectivity index (χ2n) is 7.62. The van der Waals surface area contributed by atoms with Gasteiger partial charge < -0.3 is 9.84 Å². The van der Waals surface area contributed by atoms with Crippen LogP contribution in [0, 0.1) is 5.41 Å². The van der Waals surface area contributed by atoms with E-state index in [0.717, 1.165) is 31.1 Å². The van der Waals surface area contributed by atoms with Crippen molar-refractivity contribution in [3.63, 3.8) is 0 Å². The summed E-state index contributed by atoms with van der Waals surface area (Å²) in [5, 5.41) is 7.51. The average molecular weight is 267 g/mol. The zero-order valence-corrected chi connectivity index (χ0v) is 13.5. The molecule has 4 heteroatoms. The summed E-state index contributed by atoms with van der Waals surface area (Å²) in [7, 11) is 2.11. The highest BCUT2D eigenvalue weighted by atomic mass is 16.5. The molecule has 19 heavy (non-hydrogen) atoms. The van der Waals surface area contributed by atoms with Crippen LogP contribution in [0.5, 0.6) is 0 Å². The summed E-state index contributed by atoms with van der Waals surface area (Å²) < 4.78 is 5.38. The Kier molecular flexibility index (Phi) is 5.16. The van der Waals surface area contributed by atoms with Crippen molar-refractivity contribution in [1.29, 1.82) is 0 Å². The Hall–Kier alpha value is -0.870. The maximum atomic E-state index is 5.38. The van der Waals surface area contributed by atoms with Gasteiger partial charge in [-0.15, -0.1) is 0 Å². The number of hydrogen-bond acceptors (Lipinski definition) is 4. The molecule has 1 N–H and O–H groups in total. The quantitative estimate of drug-likeness (QED) is 0.890. The predicted octanol–water partition coefficient (Wildman–Crippen LogP) is 3.04. The molecule has 1 heterocycles. The van der Waals surface area contributed by atoms with Crippen LogP contribution in [0.15, 0.2) is 10.6 Å². The van der Waals surface area contributed by atoms with E-state index < -0.39 is 0 Å². The van der Waals surface area contributed by atoms with Crippen molar-refractivity contribution in [3.05, 3.63) is 17.5 Å². The fourth-order valence-electron chi connectivity index (χ4n) is 2.00. The molecule has 110 valence electrons. The van der Waals surface area contributed by atoms with E-state index in [1.54, 1.807) is 0 Å². The number of hydrogen-bond donors (Lipinski definition) is 1. The molecular formula is C15H29N3O. The molecule has 0 saturated heterocycles.